The minimum atomic E-state index is -0.00815. The maximum atomic E-state index is 12.3. The van der Waals surface area contributed by atoms with E-state index >= 15 is 0 Å². The van der Waals surface area contributed by atoms with Gasteiger partial charge in [-0.3, -0.25) is 4.79 Å². The van der Waals surface area contributed by atoms with Crippen LogP contribution in [-0.2, 0) is 11.3 Å². The van der Waals surface area contributed by atoms with Crippen LogP contribution in [0.4, 0.5) is 5.69 Å². The molecule has 0 saturated heterocycles. The van der Waals surface area contributed by atoms with Crippen molar-refractivity contribution in [2.75, 3.05) is 11.5 Å². The van der Waals surface area contributed by atoms with Gasteiger partial charge in [-0.1, -0.05) is 24.3 Å². The summed E-state index contributed by atoms with van der Waals surface area (Å²) in [6, 6.07) is 14.0. The van der Waals surface area contributed by atoms with Crippen molar-refractivity contribution in [1.29, 1.82) is 0 Å². The van der Waals surface area contributed by atoms with E-state index in [2.05, 4.69) is 6.07 Å². The highest BCUT2D eigenvalue weighted by Gasteiger charge is 2.22. The Morgan fingerprint density at radius 3 is 2.50 bits per heavy atom. The number of rotatable bonds is 1. The summed E-state index contributed by atoms with van der Waals surface area (Å²) in [6.07, 6.45) is 0. The van der Waals surface area contributed by atoms with Crippen LogP contribution >= 0.6 is 0 Å². The van der Waals surface area contributed by atoms with Gasteiger partial charge in [0.05, 0.1) is 6.54 Å². The Morgan fingerprint density at radius 1 is 1.05 bits per heavy atom. The number of anilines is 1. The summed E-state index contributed by atoms with van der Waals surface area (Å²) < 4.78 is 5.58. The van der Waals surface area contributed by atoms with E-state index < -0.39 is 0 Å². The Kier molecular flexibility index (Phi) is 3.18. The molecule has 1 heterocycles. The smallest absolute Gasteiger partial charge is 0.265 e. The van der Waals surface area contributed by atoms with E-state index in [1.807, 2.05) is 50.2 Å². The van der Waals surface area contributed by atoms with Gasteiger partial charge in [0.1, 0.15) is 5.75 Å². The minimum absolute atomic E-state index is 0.00815. The monoisotopic (exact) mass is 267 g/mol. The Labute approximate surface area is 118 Å². The van der Waals surface area contributed by atoms with Crippen LogP contribution in [0.1, 0.15) is 16.7 Å². The zero-order chi connectivity index (χ0) is 14.1. The van der Waals surface area contributed by atoms with Crippen molar-refractivity contribution in [2.45, 2.75) is 20.4 Å². The minimum Gasteiger partial charge on any atom is -0.483 e. The molecule has 102 valence electrons. The molecule has 0 fully saturated rings. The number of fused-ring (bicyclic) bond motifs is 1. The maximum absolute atomic E-state index is 12.3. The van der Waals surface area contributed by atoms with Gasteiger partial charge in [-0.2, -0.15) is 0 Å². The van der Waals surface area contributed by atoms with E-state index in [4.69, 9.17) is 4.74 Å². The third kappa shape index (κ3) is 2.39. The second-order valence-corrected chi connectivity index (χ2v) is 5.22. The third-order valence-electron chi connectivity index (χ3n) is 3.47. The lowest BCUT2D eigenvalue weighted by Gasteiger charge is -2.21. The predicted octanol–water partition coefficient (Wildman–Crippen LogP) is 3.23. The molecule has 3 rings (SSSR count). The number of benzene rings is 2. The highest BCUT2D eigenvalue weighted by Crippen LogP contribution is 2.27. The van der Waals surface area contributed by atoms with Crippen LogP contribution in [0.25, 0.3) is 0 Å². The van der Waals surface area contributed by atoms with Crippen molar-refractivity contribution in [1.82, 2.24) is 0 Å². The fourth-order valence-corrected chi connectivity index (χ4v) is 2.59. The van der Waals surface area contributed by atoms with E-state index in [0.29, 0.717) is 6.54 Å². The first-order valence-corrected chi connectivity index (χ1v) is 6.73. The molecule has 0 saturated carbocycles. The summed E-state index contributed by atoms with van der Waals surface area (Å²) in [5.74, 6) is 0.791. The number of hydrogen-bond donors (Lipinski definition) is 0. The fourth-order valence-electron chi connectivity index (χ4n) is 2.59. The molecule has 0 spiro atoms. The number of aryl methyl sites for hydroxylation is 2. The summed E-state index contributed by atoms with van der Waals surface area (Å²) in [4.78, 5) is 14.1. The molecule has 0 aliphatic carbocycles. The van der Waals surface area contributed by atoms with Gasteiger partial charge in [-0.05, 0) is 43.2 Å². The quantitative estimate of drug-likeness (QED) is 0.794. The number of para-hydroxylation sites is 1. The molecule has 20 heavy (non-hydrogen) atoms. The van der Waals surface area contributed by atoms with Crippen LogP contribution in [0.15, 0.2) is 42.5 Å². The second-order valence-electron chi connectivity index (χ2n) is 5.22. The van der Waals surface area contributed by atoms with Crippen LogP contribution in [0, 0.1) is 13.8 Å². The van der Waals surface area contributed by atoms with Crippen LogP contribution < -0.4 is 9.64 Å². The molecular formula is C17H17NO2. The van der Waals surface area contributed by atoms with Crippen molar-refractivity contribution >= 4 is 11.6 Å². The molecule has 2 aromatic rings. The lowest BCUT2D eigenvalue weighted by Crippen LogP contribution is -2.32. The molecule has 0 atom stereocenters. The first kappa shape index (κ1) is 12.7. The maximum Gasteiger partial charge on any atom is 0.265 e. The highest BCUT2D eigenvalue weighted by molar-refractivity contribution is 5.95. The van der Waals surface area contributed by atoms with Gasteiger partial charge in [0.25, 0.3) is 5.91 Å². The van der Waals surface area contributed by atoms with Crippen LogP contribution in [0.2, 0.25) is 0 Å². The summed E-state index contributed by atoms with van der Waals surface area (Å²) in [5.41, 5.74) is 4.29. The number of carbonyl (C=O) groups excluding carboxylic acids is 1. The van der Waals surface area contributed by atoms with Crippen molar-refractivity contribution in [2.24, 2.45) is 0 Å². The van der Waals surface area contributed by atoms with Crippen molar-refractivity contribution in [3.63, 3.8) is 0 Å². The number of hydrogen-bond acceptors (Lipinski definition) is 2. The van der Waals surface area contributed by atoms with Crippen LogP contribution in [-0.4, -0.2) is 12.5 Å². The largest absolute Gasteiger partial charge is 0.483 e. The van der Waals surface area contributed by atoms with Gasteiger partial charge in [0, 0.05) is 11.3 Å². The molecular weight excluding hydrogens is 250 g/mol. The molecule has 0 radical (unpaired) electrons. The zero-order valence-corrected chi connectivity index (χ0v) is 11.7. The van der Waals surface area contributed by atoms with E-state index in [-0.39, 0.29) is 12.5 Å². The summed E-state index contributed by atoms with van der Waals surface area (Å²) in [6.45, 7) is 4.73. The Balaban J connectivity index is 2.02. The van der Waals surface area contributed by atoms with E-state index in [1.165, 1.54) is 0 Å². The molecule has 1 aliphatic heterocycles. The normalized spacial score (nSPS) is 14.5. The van der Waals surface area contributed by atoms with Crippen molar-refractivity contribution in [3.05, 3.63) is 59.2 Å². The number of carbonyl (C=O) groups is 1. The average molecular weight is 267 g/mol. The Morgan fingerprint density at radius 2 is 1.75 bits per heavy atom. The highest BCUT2D eigenvalue weighted by atomic mass is 16.5. The van der Waals surface area contributed by atoms with Gasteiger partial charge >= 0.3 is 0 Å². The standard InChI is InChI=1S/C17H17NO2/c1-12-7-13(2)9-15(8-12)18-10-14-5-3-4-6-16(14)20-11-17(18)19/h3-9H,10-11H2,1-2H3. The molecule has 3 heteroatoms. The second kappa shape index (κ2) is 5.00. The van der Waals surface area contributed by atoms with Crippen LogP contribution in [0.3, 0.4) is 0 Å². The van der Waals surface area contributed by atoms with Gasteiger partial charge < -0.3 is 9.64 Å². The predicted molar refractivity (Wildman–Crippen MR) is 79.0 cm³/mol. The zero-order valence-electron chi connectivity index (χ0n) is 11.7. The van der Waals surface area contributed by atoms with Crippen molar-refractivity contribution in [3.8, 4) is 5.75 Å². The van der Waals surface area contributed by atoms with Gasteiger partial charge in [-0.25, -0.2) is 0 Å². The van der Waals surface area contributed by atoms with E-state index in [1.54, 1.807) is 4.90 Å². The average Bonchev–Trinajstić information content (AvgIpc) is 2.58. The lowest BCUT2D eigenvalue weighted by atomic mass is 10.1. The van der Waals surface area contributed by atoms with E-state index in [0.717, 1.165) is 28.1 Å². The molecule has 0 bridgehead atoms. The fraction of sp³-hybridized carbons (Fsp3) is 0.235. The van der Waals surface area contributed by atoms with Gasteiger partial charge in [0.2, 0.25) is 0 Å². The topological polar surface area (TPSA) is 29.5 Å². The molecule has 0 N–H and O–H groups in total. The third-order valence-corrected chi connectivity index (χ3v) is 3.47. The Bertz CT molecular complexity index is 644. The number of amides is 1. The molecule has 0 aromatic heterocycles. The molecule has 2 aromatic carbocycles. The van der Waals surface area contributed by atoms with Crippen LogP contribution in [0.5, 0.6) is 5.75 Å². The van der Waals surface area contributed by atoms with E-state index in [9.17, 15) is 4.79 Å². The summed E-state index contributed by atoms with van der Waals surface area (Å²) in [5, 5.41) is 0. The molecule has 1 aliphatic rings. The lowest BCUT2D eigenvalue weighted by molar-refractivity contribution is -0.120. The molecule has 3 nitrogen and oxygen atoms in total. The Hall–Kier alpha value is -2.29. The molecule has 0 unspecified atom stereocenters. The first-order chi connectivity index (χ1) is 9.63. The van der Waals surface area contributed by atoms with Gasteiger partial charge in [-0.15, -0.1) is 0 Å². The first-order valence-electron chi connectivity index (χ1n) is 6.73. The van der Waals surface area contributed by atoms with Gasteiger partial charge in [0.15, 0.2) is 6.61 Å². The SMILES string of the molecule is Cc1cc(C)cc(N2Cc3ccccc3OCC2=O)c1. The number of ether oxygens (including phenoxy) is 1. The number of nitrogens with zero attached hydrogens (tertiary/aromatic N) is 1. The molecule has 1 amide bonds. The summed E-state index contributed by atoms with van der Waals surface area (Å²) >= 11 is 0. The summed E-state index contributed by atoms with van der Waals surface area (Å²) in [7, 11) is 0. The van der Waals surface area contributed by atoms with Crippen molar-refractivity contribution < 1.29 is 9.53 Å².